The second-order valence-electron chi connectivity index (χ2n) is 6.59. The van der Waals surface area contributed by atoms with Crippen LogP contribution >= 0.6 is 0 Å². The molecule has 0 aliphatic carbocycles. The lowest BCUT2D eigenvalue weighted by Gasteiger charge is -2.39. The number of hydrogen-bond donors (Lipinski definition) is 2. The van der Waals surface area contributed by atoms with Gasteiger partial charge in [0.05, 0.1) is 40.6 Å². The molecule has 2 unspecified atom stereocenters. The molecule has 7 heteroatoms. The number of phenolic OH excluding ortho intramolecular Hbond substituents is 2. The maximum absolute atomic E-state index is 10.5. The van der Waals surface area contributed by atoms with E-state index in [1.165, 1.54) is 28.4 Å². The predicted molar refractivity (Wildman–Crippen MR) is 96.4 cm³/mol. The van der Waals surface area contributed by atoms with Gasteiger partial charge in [0, 0.05) is 24.0 Å². The van der Waals surface area contributed by atoms with Crippen molar-refractivity contribution in [2.75, 3.05) is 28.4 Å². The van der Waals surface area contributed by atoms with E-state index in [9.17, 15) is 10.2 Å². The van der Waals surface area contributed by atoms with Crippen molar-refractivity contribution in [2.45, 2.75) is 25.0 Å². The van der Waals surface area contributed by atoms with Crippen molar-refractivity contribution >= 4 is 0 Å². The monoisotopic (exact) mass is 374 g/mol. The SMILES string of the molecule is COc1cc2c(c(OC)c1O)C1Cc3cc(OC)c(O)c(OC)c3C(C2)O1. The number of methoxy groups -OCH3 is 4. The van der Waals surface area contributed by atoms with Crippen LogP contribution in [0.5, 0.6) is 34.5 Å². The van der Waals surface area contributed by atoms with Crippen LogP contribution in [0.4, 0.5) is 0 Å². The fraction of sp³-hybridized carbons (Fsp3) is 0.400. The van der Waals surface area contributed by atoms with Crippen LogP contribution in [0.15, 0.2) is 12.1 Å². The van der Waals surface area contributed by atoms with Crippen molar-refractivity contribution < 1.29 is 33.9 Å². The van der Waals surface area contributed by atoms with Gasteiger partial charge in [-0.25, -0.2) is 0 Å². The first kappa shape index (κ1) is 17.6. The zero-order valence-electron chi connectivity index (χ0n) is 15.7. The Balaban J connectivity index is 1.90. The molecule has 2 bridgehead atoms. The molecule has 0 amide bonds. The van der Waals surface area contributed by atoms with Crippen molar-refractivity contribution in [3.63, 3.8) is 0 Å². The lowest BCUT2D eigenvalue weighted by molar-refractivity contribution is -0.0420. The van der Waals surface area contributed by atoms with Gasteiger partial charge in [-0.2, -0.15) is 0 Å². The van der Waals surface area contributed by atoms with E-state index < -0.39 is 0 Å². The fourth-order valence-electron chi connectivity index (χ4n) is 4.18. The molecule has 0 aromatic heterocycles. The first-order chi connectivity index (χ1) is 13.0. The van der Waals surface area contributed by atoms with Crippen LogP contribution in [0.1, 0.15) is 34.5 Å². The molecule has 0 saturated carbocycles. The number of phenols is 2. The number of hydrogen-bond acceptors (Lipinski definition) is 7. The molecule has 0 saturated heterocycles. The summed E-state index contributed by atoms with van der Waals surface area (Å²) in [6.45, 7) is 0. The number of fused-ring (bicyclic) bond motifs is 6. The van der Waals surface area contributed by atoms with E-state index in [4.69, 9.17) is 23.7 Å². The normalized spacial score (nSPS) is 19.7. The highest BCUT2D eigenvalue weighted by atomic mass is 16.5. The van der Waals surface area contributed by atoms with E-state index in [0.29, 0.717) is 35.8 Å². The molecule has 2 heterocycles. The molecule has 7 nitrogen and oxygen atoms in total. The summed E-state index contributed by atoms with van der Waals surface area (Å²) in [7, 11) is 6.04. The van der Waals surface area contributed by atoms with Gasteiger partial charge in [-0.15, -0.1) is 0 Å². The van der Waals surface area contributed by atoms with E-state index >= 15 is 0 Å². The van der Waals surface area contributed by atoms with Gasteiger partial charge in [0.2, 0.25) is 11.5 Å². The van der Waals surface area contributed by atoms with Gasteiger partial charge in [-0.05, 0) is 23.3 Å². The van der Waals surface area contributed by atoms with E-state index in [1.807, 2.05) is 12.1 Å². The average molecular weight is 374 g/mol. The number of aromatic hydroxyl groups is 2. The molecule has 2 aliphatic rings. The molecule has 4 rings (SSSR count). The van der Waals surface area contributed by atoms with Gasteiger partial charge in [0.15, 0.2) is 23.0 Å². The molecule has 0 fully saturated rings. The van der Waals surface area contributed by atoms with Crippen molar-refractivity contribution in [3.05, 3.63) is 34.4 Å². The fourth-order valence-corrected chi connectivity index (χ4v) is 4.18. The third kappa shape index (κ3) is 2.45. The molecule has 0 spiro atoms. The summed E-state index contributed by atoms with van der Waals surface area (Å²) in [5.74, 6) is 1.38. The number of ether oxygens (including phenoxy) is 5. The average Bonchev–Trinajstić information content (AvgIpc) is 2.68. The van der Waals surface area contributed by atoms with Crippen LogP contribution in [0.25, 0.3) is 0 Å². The highest BCUT2D eigenvalue weighted by molar-refractivity contribution is 5.64. The van der Waals surface area contributed by atoms with Crippen molar-refractivity contribution in [1.29, 1.82) is 0 Å². The van der Waals surface area contributed by atoms with Gasteiger partial charge < -0.3 is 33.9 Å². The first-order valence-corrected chi connectivity index (χ1v) is 8.62. The van der Waals surface area contributed by atoms with Gasteiger partial charge in [0.1, 0.15) is 0 Å². The first-order valence-electron chi connectivity index (χ1n) is 8.62. The Morgan fingerprint density at radius 2 is 1.15 bits per heavy atom. The minimum absolute atomic E-state index is 0.0348. The molecule has 144 valence electrons. The van der Waals surface area contributed by atoms with Crippen molar-refractivity contribution in [3.8, 4) is 34.5 Å². The Kier molecular flexibility index (Phi) is 4.19. The topological polar surface area (TPSA) is 86.6 Å². The Bertz CT molecular complexity index is 833. The summed E-state index contributed by atoms with van der Waals surface area (Å²) < 4.78 is 27.8. The summed E-state index contributed by atoms with van der Waals surface area (Å²) in [6, 6.07) is 3.63. The highest BCUT2D eigenvalue weighted by Gasteiger charge is 2.41. The van der Waals surface area contributed by atoms with E-state index in [2.05, 4.69) is 0 Å². The molecule has 2 aliphatic heterocycles. The molecular weight excluding hydrogens is 352 g/mol. The van der Waals surface area contributed by atoms with Crippen LogP contribution in [0, 0.1) is 0 Å². The van der Waals surface area contributed by atoms with E-state index in [1.54, 1.807) is 0 Å². The minimum Gasteiger partial charge on any atom is -0.502 e. The lowest BCUT2D eigenvalue weighted by Crippen LogP contribution is -2.28. The third-order valence-corrected chi connectivity index (χ3v) is 5.32. The smallest absolute Gasteiger partial charge is 0.201 e. The zero-order valence-corrected chi connectivity index (χ0v) is 15.7. The van der Waals surface area contributed by atoms with Gasteiger partial charge in [0.25, 0.3) is 0 Å². The molecule has 2 atom stereocenters. The second kappa shape index (κ2) is 6.42. The van der Waals surface area contributed by atoms with E-state index in [-0.39, 0.29) is 23.7 Å². The van der Waals surface area contributed by atoms with Crippen LogP contribution in [-0.4, -0.2) is 38.7 Å². The maximum Gasteiger partial charge on any atom is 0.201 e. The van der Waals surface area contributed by atoms with Gasteiger partial charge >= 0.3 is 0 Å². The summed E-state index contributed by atoms with van der Waals surface area (Å²) in [6.07, 6.45) is 0.482. The van der Waals surface area contributed by atoms with Gasteiger partial charge in [-0.3, -0.25) is 0 Å². The maximum atomic E-state index is 10.5. The lowest BCUT2D eigenvalue weighted by atomic mass is 9.81. The van der Waals surface area contributed by atoms with Crippen LogP contribution in [-0.2, 0) is 17.6 Å². The van der Waals surface area contributed by atoms with Crippen LogP contribution in [0.2, 0.25) is 0 Å². The van der Waals surface area contributed by atoms with Crippen molar-refractivity contribution in [1.82, 2.24) is 0 Å². The number of rotatable bonds is 4. The highest BCUT2D eigenvalue weighted by Crippen LogP contribution is 2.56. The minimum atomic E-state index is -0.294. The van der Waals surface area contributed by atoms with Crippen LogP contribution in [0.3, 0.4) is 0 Å². The Hall–Kier alpha value is -2.80. The number of benzene rings is 2. The molecule has 27 heavy (non-hydrogen) atoms. The zero-order chi connectivity index (χ0) is 19.3. The van der Waals surface area contributed by atoms with Crippen molar-refractivity contribution in [2.24, 2.45) is 0 Å². The Morgan fingerprint density at radius 3 is 1.48 bits per heavy atom. The Labute approximate surface area is 157 Å². The second-order valence-corrected chi connectivity index (χ2v) is 6.59. The molecule has 2 N–H and O–H groups in total. The standard InChI is InChI=1S/C20H22O7/c1-23-13-7-9-5-11-16-10(8-14(24-2)18(22)20(16)26-4)6-12(27-11)15(9)19(25-3)17(13)21/h7-8,11-12,21-22H,5-6H2,1-4H3. The summed E-state index contributed by atoms with van der Waals surface area (Å²) in [5, 5.41) is 20.9. The third-order valence-electron chi connectivity index (χ3n) is 5.32. The van der Waals surface area contributed by atoms with E-state index in [0.717, 1.165) is 22.3 Å². The predicted octanol–water partition coefficient (Wildman–Crippen LogP) is 3.04. The molecule has 0 radical (unpaired) electrons. The molecule has 2 aromatic rings. The quantitative estimate of drug-likeness (QED) is 0.851. The summed E-state index contributed by atoms with van der Waals surface area (Å²) in [5.41, 5.74) is 3.60. The summed E-state index contributed by atoms with van der Waals surface area (Å²) >= 11 is 0. The molecule has 2 aromatic carbocycles. The largest absolute Gasteiger partial charge is 0.502 e. The Morgan fingerprint density at radius 1 is 0.741 bits per heavy atom. The molecular formula is C20H22O7. The summed E-state index contributed by atoms with van der Waals surface area (Å²) in [4.78, 5) is 0. The van der Waals surface area contributed by atoms with Gasteiger partial charge in [-0.1, -0.05) is 0 Å². The van der Waals surface area contributed by atoms with Crippen LogP contribution < -0.4 is 18.9 Å².